The van der Waals surface area contributed by atoms with Crippen LogP contribution in [0.4, 0.5) is 0 Å². The van der Waals surface area contributed by atoms with Gasteiger partial charge in [0.1, 0.15) is 0 Å². The highest BCUT2D eigenvalue weighted by Crippen LogP contribution is 2.57. The largest absolute Gasteiger partial charge is 0.374 e. The summed E-state index contributed by atoms with van der Waals surface area (Å²) in [6.07, 6.45) is 8.38. The van der Waals surface area contributed by atoms with E-state index >= 15 is 0 Å². The van der Waals surface area contributed by atoms with Gasteiger partial charge in [-0.1, -0.05) is 12.2 Å². The van der Waals surface area contributed by atoms with E-state index < -0.39 is 0 Å². The third kappa shape index (κ3) is 1.24. The van der Waals surface area contributed by atoms with Gasteiger partial charge in [-0.05, 0) is 47.0 Å². The van der Waals surface area contributed by atoms with Gasteiger partial charge in [0.2, 0.25) is 0 Å². The topological polar surface area (TPSA) is 20.3 Å². The van der Waals surface area contributed by atoms with E-state index in [-0.39, 0.29) is 5.92 Å². The van der Waals surface area contributed by atoms with Crippen molar-refractivity contribution in [2.45, 2.75) is 19.3 Å². The molecule has 0 aromatic heterocycles. The molecule has 0 amide bonds. The van der Waals surface area contributed by atoms with Gasteiger partial charge in [0.25, 0.3) is 0 Å². The number of fused-ring (bicyclic) bond motifs is 5. The first-order valence-corrected chi connectivity index (χ1v) is 7.44. The van der Waals surface area contributed by atoms with E-state index in [2.05, 4.69) is 33.0 Å². The molecule has 90 valence electrons. The Morgan fingerprint density at radius 1 is 1.12 bits per heavy atom. The Labute approximate surface area is 110 Å². The van der Waals surface area contributed by atoms with Crippen LogP contribution >= 0.6 is 15.9 Å². The van der Waals surface area contributed by atoms with Gasteiger partial charge >= 0.3 is 0 Å². The van der Waals surface area contributed by atoms with Crippen LogP contribution in [0, 0.1) is 23.7 Å². The molecule has 0 radical (unpaired) electrons. The summed E-state index contributed by atoms with van der Waals surface area (Å²) in [5.41, 5.74) is 1.34. The number of allylic oxidation sites excluding steroid dienone is 4. The van der Waals surface area contributed by atoms with Crippen LogP contribution in [0.15, 0.2) is 22.3 Å². The number of carbonyl (C=O) groups is 1. The number of halogens is 1. The number of rotatable bonds is 1. The van der Waals surface area contributed by atoms with Crippen molar-refractivity contribution in [3.05, 3.63) is 22.3 Å². The molecule has 3 aliphatic carbocycles. The molecule has 2 fully saturated rings. The summed E-state index contributed by atoms with van der Waals surface area (Å²) in [5, 5.41) is 0. The average Bonchev–Trinajstić information content (AvgIpc) is 3.04. The minimum atomic E-state index is 0.259. The molecule has 4 aliphatic rings. The summed E-state index contributed by atoms with van der Waals surface area (Å²) < 4.78 is 0.896. The van der Waals surface area contributed by atoms with E-state index in [0.29, 0.717) is 23.5 Å². The number of hydrogen-bond acceptors (Lipinski definition) is 2. The lowest BCUT2D eigenvalue weighted by Crippen LogP contribution is -2.28. The lowest BCUT2D eigenvalue weighted by Gasteiger charge is -2.29. The first kappa shape index (κ1) is 10.4. The summed E-state index contributed by atoms with van der Waals surface area (Å²) >= 11 is 3.58. The lowest BCUT2D eigenvalue weighted by molar-refractivity contribution is -0.119. The Morgan fingerprint density at radius 2 is 1.76 bits per heavy atom. The van der Waals surface area contributed by atoms with Crippen LogP contribution < -0.4 is 0 Å². The second-order valence-corrected chi connectivity index (χ2v) is 6.55. The highest BCUT2D eigenvalue weighted by atomic mass is 79.9. The van der Waals surface area contributed by atoms with Gasteiger partial charge in [0.05, 0.1) is 4.48 Å². The molecule has 0 spiro atoms. The maximum Gasteiger partial charge on any atom is 0.175 e. The second-order valence-electron chi connectivity index (χ2n) is 5.76. The smallest absolute Gasteiger partial charge is 0.175 e. The summed E-state index contributed by atoms with van der Waals surface area (Å²) in [7, 11) is 0. The average molecular weight is 294 g/mol. The molecule has 1 aliphatic heterocycles. The molecule has 1 saturated heterocycles. The molecule has 3 heteroatoms. The minimum absolute atomic E-state index is 0.259. The lowest BCUT2D eigenvalue weighted by atomic mass is 9.83. The van der Waals surface area contributed by atoms with E-state index in [1.54, 1.807) is 0 Å². The molecule has 1 saturated carbocycles. The fraction of sp³-hybridized carbons (Fsp3) is 0.643. The molecule has 2 nitrogen and oxygen atoms in total. The fourth-order valence-electron chi connectivity index (χ4n) is 4.28. The van der Waals surface area contributed by atoms with E-state index in [0.717, 1.165) is 17.6 Å². The van der Waals surface area contributed by atoms with E-state index in [9.17, 15) is 4.79 Å². The number of ketones is 1. The fourth-order valence-corrected chi connectivity index (χ4v) is 5.06. The second kappa shape index (κ2) is 3.47. The summed E-state index contributed by atoms with van der Waals surface area (Å²) in [6, 6.07) is 0. The van der Waals surface area contributed by atoms with E-state index in [1.807, 2.05) is 0 Å². The van der Waals surface area contributed by atoms with Crippen LogP contribution in [-0.4, -0.2) is 23.8 Å². The van der Waals surface area contributed by atoms with Crippen LogP contribution in [0.1, 0.15) is 19.3 Å². The van der Waals surface area contributed by atoms with Crippen molar-refractivity contribution in [3.63, 3.8) is 0 Å². The normalized spacial score (nSPS) is 43.1. The van der Waals surface area contributed by atoms with Crippen LogP contribution in [0.25, 0.3) is 0 Å². The Balaban J connectivity index is 1.77. The summed E-state index contributed by atoms with van der Waals surface area (Å²) in [5.74, 6) is 2.26. The Morgan fingerprint density at radius 3 is 2.47 bits per heavy atom. The number of carbonyl (C=O) groups excluding carboxylic acids is 1. The zero-order valence-corrected chi connectivity index (χ0v) is 11.3. The molecule has 2 bridgehead atoms. The van der Waals surface area contributed by atoms with Crippen molar-refractivity contribution in [3.8, 4) is 0 Å². The van der Waals surface area contributed by atoms with Gasteiger partial charge in [0, 0.05) is 30.6 Å². The van der Waals surface area contributed by atoms with Gasteiger partial charge in [-0.3, -0.25) is 4.79 Å². The van der Waals surface area contributed by atoms with Crippen molar-refractivity contribution in [1.82, 2.24) is 4.90 Å². The van der Waals surface area contributed by atoms with Crippen LogP contribution in [-0.2, 0) is 4.79 Å². The predicted molar refractivity (Wildman–Crippen MR) is 69.5 cm³/mol. The minimum Gasteiger partial charge on any atom is -0.374 e. The first-order valence-electron chi connectivity index (χ1n) is 6.64. The van der Waals surface area contributed by atoms with Crippen LogP contribution in [0.2, 0.25) is 0 Å². The number of Topliss-reactive ketones (excluding diaryl/α,β-unsaturated/α-hetero) is 1. The molecule has 0 aromatic carbocycles. The quantitative estimate of drug-likeness (QED) is 0.693. The molecular formula is C14H16BrNO. The number of hydrogen-bond donors (Lipinski definition) is 0. The molecule has 1 heterocycles. The van der Waals surface area contributed by atoms with Crippen LogP contribution in [0.5, 0.6) is 0 Å². The highest BCUT2D eigenvalue weighted by molar-refractivity contribution is 9.12. The van der Waals surface area contributed by atoms with Crippen molar-refractivity contribution >= 4 is 21.7 Å². The monoisotopic (exact) mass is 293 g/mol. The van der Waals surface area contributed by atoms with Crippen molar-refractivity contribution in [1.29, 1.82) is 0 Å². The maximum absolute atomic E-state index is 12.4. The number of nitrogens with zero attached hydrogens (tertiary/aromatic N) is 1. The standard InChI is InChI=1S/C14H16BrNO/c15-12-13(16-5-1-2-6-16)10-8-3-4-9(7-8)11(10)14(12)17/h3-4,8-11H,1-2,5-7H2/t8-,9+,10-,11+/m0/s1. The van der Waals surface area contributed by atoms with E-state index in [1.165, 1.54) is 25.0 Å². The molecule has 17 heavy (non-hydrogen) atoms. The zero-order chi connectivity index (χ0) is 11.6. The van der Waals surface area contributed by atoms with Crippen LogP contribution in [0.3, 0.4) is 0 Å². The zero-order valence-electron chi connectivity index (χ0n) is 9.73. The Kier molecular flexibility index (Phi) is 2.11. The molecule has 4 atom stereocenters. The van der Waals surface area contributed by atoms with Gasteiger partial charge in [-0.15, -0.1) is 0 Å². The third-order valence-electron chi connectivity index (χ3n) is 4.97. The van der Waals surface area contributed by atoms with Gasteiger partial charge < -0.3 is 4.90 Å². The third-order valence-corrected chi connectivity index (χ3v) is 5.76. The van der Waals surface area contributed by atoms with Crippen molar-refractivity contribution in [2.24, 2.45) is 23.7 Å². The Bertz CT molecular complexity index is 447. The molecule has 0 aromatic rings. The Hall–Kier alpha value is -0.570. The highest BCUT2D eigenvalue weighted by Gasteiger charge is 2.55. The molecule has 0 N–H and O–H groups in total. The van der Waals surface area contributed by atoms with Gasteiger partial charge in [0.15, 0.2) is 5.78 Å². The van der Waals surface area contributed by atoms with Gasteiger partial charge in [-0.2, -0.15) is 0 Å². The summed E-state index contributed by atoms with van der Waals surface area (Å²) in [4.78, 5) is 14.8. The molecule has 4 rings (SSSR count). The summed E-state index contributed by atoms with van der Waals surface area (Å²) in [6.45, 7) is 2.28. The first-order chi connectivity index (χ1) is 8.27. The van der Waals surface area contributed by atoms with Gasteiger partial charge in [-0.25, -0.2) is 0 Å². The molecular weight excluding hydrogens is 278 g/mol. The number of likely N-dealkylation sites (tertiary alicyclic amines) is 1. The van der Waals surface area contributed by atoms with Crippen molar-refractivity contribution in [2.75, 3.05) is 13.1 Å². The maximum atomic E-state index is 12.4. The molecule has 0 unspecified atom stereocenters. The SMILES string of the molecule is O=C1C(Br)=C(N2CCCC2)[C@@H]2[C@H]1[C@@H]1C=C[C@H]2C1. The predicted octanol–water partition coefficient (Wildman–Crippen LogP) is 2.71. The van der Waals surface area contributed by atoms with Crippen molar-refractivity contribution < 1.29 is 4.79 Å². The van der Waals surface area contributed by atoms with E-state index in [4.69, 9.17) is 0 Å².